The Hall–Kier alpha value is -5.02. The molecule has 0 spiro atoms. The molecule has 0 atom stereocenters. The minimum absolute atomic E-state index is 0.0339. The molecule has 0 radical (unpaired) electrons. The molecule has 0 fully saturated rings. The van der Waals surface area contributed by atoms with Gasteiger partial charge in [-0.15, -0.1) is 0 Å². The summed E-state index contributed by atoms with van der Waals surface area (Å²) in [5, 5.41) is 4.21. The van der Waals surface area contributed by atoms with Crippen LogP contribution in [0, 0.1) is 0 Å². The molecular weight excluding hydrogens is 687 g/mol. The van der Waals surface area contributed by atoms with E-state index in [1.54, 1.807) is 0 Å². The first-order valence-electron chi connectivity index (χ1n) is 21.3. The lowest BCUT2D eigenvalue weighted by Crippen LogP contribution is -2.61. The molecule has 0 unspecified atom stereocenters. The molecule has 1 N–H and O–H groups in total. The van der Waals surface area contributed by atoms with Crippen molar-refractivity contribution in [2.24, 2.45) is 0 Å². The van der Waals surface area contributed by atoms with Crippen molar-refractivity contribution in [2.75, 3.05) is 10.1 Å². The third kappa shape index (κ3) is 5.09. The molecule has 2 aliphatic carbocycles. The Morgan fingerprint density at radius 2 is 1.25 bits per heavy atom. The van der Waals surface area contributed by atoms with Crippen LogP contribution in [-0.4, -0.2) is 6.85 Å². The molecule has 0 aromatic heterocycles. The maximum Gasteiger partial charge on any atom is 0.333 e. The molecular formula is C54H57BN2. The van der Waals surface area contributed by atoms with Gasteiger partial charge in [-0.1, -0.05) is 161 Å². The zero-order valence-electron chi connectivity index (χ0n) is 35.9. The van der Waals surface area contributed by atoms with Crippen LogP contribution >= 0.6 is 0 Å². The smallest absolute Gasteiger partial charge is 0.333 e. The number of rotatable bonds is 3. The Labute approximate surface area is 341 Å². The molecule has 2 nitrogen and oxygen atoms in total. The first-order valence-corrected chi connectivity index (χ1v) is 21.3. The molecule has 6 aromatic rings. The molecule has 2 aliphatic heterocycles. The highest BCUT2D eigenvalue weighted by molar-refractivity contribution is 6.93. The lowest BCUT2D eigenvalue weighted by atomic mass is 9.42. The SMILES string of the molecule is CC(C)(C)c1ccc(N2B3c4cccc(C(C)(C)c5ccccc5)c4Nc4cc5c(c(c43)-c3cc4c(cc32)C(C)(C)CCC4(C)C)C(C)(C)c2ccccc2-5)cc1. The van der Waals surface area contributed by atoms with E-state index in [9.17, 15) is 0 Å². The maximum atomic E-state index is 4.21. The van der Waals surface area contributed by atoms with E-state index >= 15 is 0 Å². The number of hydrogen-bond donors (Lipinski definition) is 1. The molecule has 0 saturated carbocycles. The maximum absolute atomic E-state index is 4.21. The summed E-state index contributed by atoms with van der Waals surface area (Å²) in [5.74, 6) is 0. The van der Waals surface area contributed by atoms with Crippen molar-refractivity contribution in [2.45, 2.75) is 116 Å². The van der Waals surface area contributed by atoms with Gasteiger partial charge in [-0.3, -0.25) is 0 Å². The van der Waals surface area contributed by atoms with Crippen molar-refractivity contribution in [3.8, 4) is 22.3 Å². The zero-order valence-corrected chi connectivity index (χ0v) is 35.9. The van der Waals surface area contributed by atoms with Crippen molar-refractivity contribution < 1.29 is 0 Å². The van der Waals surface area contributed by atoms with Crippen molar-refractivity contribution in [1.82, 2.24) is 0 Å². The van der Waals surface area contributed by atoms with Gasteiger partial charge in [0.1, 0.15) is 0 Å². The first kappa shape index (κ1) is 36.3. The molecule has 57 heavy (non-hydrogen) atoms. The Morgan fingerprint density at radius 3 is 1.93 bits per heavy atom. The zero-order chi connectivity index (χ0) is 40.0. The van der Waals surface area contributed by atoms with Crippen molar-refractivity contribution >= 4 is 40.5 Å². The summed E-state index contributed by atoms with van der Waals surface area (Å²) in [6, 6.07) is 44.6. The topological polar surface area (TPSA) is 15.3 Å². The van der Waals surface area contributed by atoms with Crippen LogP contribution in [0.3, 0.4) is 0 Å². The Bertz CT molecular complexity index is 2630. The predicted octanol–water partition coefficient (Wildman–Crippen LogP) is 12.9. The highest BCUT2D eigenvalue weighted by atomic mass is 15.1. The average molecular weight is 745 g/mol. The summed E-state index contributed by atoms with van der Waals surface area (Å²) in [4.78, 5) is 2.73. The number of fused-ring (bicyclic) bond motifs is 9. The highest BCUT2D eigenvalue weighted by Crippen LogP contribution is 2.58. The van der Waals surface area contributed by atoms with Gasteiger partial charge in [-0.25, -0.2) is 0 Å². The molecule has 0 amide bonds. The number of benzene rings is 6. The Kier molecular flexibility index (Phi) is 7.51. The van der Waals surface area contributed by atoms with Crippen LogP contribution in [0.2, 0.25) is 0 Å². The Balaban J connectivity index is 1.35. The molecule has 4 aliphatic rings. The fourth-order valence-corrected chi connectivity index (χ4v) is 11.2. The molecule has 3 heteroatoms. The quantitative estimate of drug-likeness (QED) is 0.182. The third-order valence-corrected chi connectivity index (χ3v) is 14.7. The van der Waals surface area contributed by atoms with Crippen LogP contribution in [0.5, 0.6) is 0 Å². The summed E-state index contributed by atoms with van der Waals surface area (Å²) < 4.78 is 0. The number of anilines is 4. The van der Waals surface area contributed by atoms with E-state index in [2.05, 4.69) is 202 Å². The molecule has 0 bridgehead atoms. The lowest BCUT2D eigenvalue weighted by molar-refractivity contribution is 0.332. The van der Waals surface area contributed by atoms with Crippen LogP contribution in [0.1, 0.15) is 128 Å². The Morgan fingerprint density at radius 1 is 0.596 bits per heavy atom. The third-order valence-electron chi connectivity index (χ3n) is 14.7. The van der Waals surface area contributed by atoms with Crippen LogP contribution in [-0.2, 0) is 27.1 Å². The van der Waals surface area contributed by atoms with Crippen LogP contribution in [0.25, 0.3) is 22.3 Å². The highest BCUT2D eigenvalue weighted by Gasteiger charge is 2.50. The van der Waals surface area contributed by atoms with Crippen molar-refractivity contribution in [3.05, 3.63) is 154 Å². The minimum Gasteiger partial charge on any atom is -0.376 e. The van der Waals surface area contributed by atoms with Gasteiger partial charge in [0.15, 0.2) is 0 Å². The average Bonchev–Trinajstić information content (AvgIpc) is 3.41. The normalized spacial score (nSPS) is 17.7. The predicted molar refractivity (Wildman–Crippen MR) is 245 cm³/mol. The van der Waals surface area contributed by atoms with Crippen molar-refractivity contribution in [1.29, 1.82) is 0 Å². The second kappa shape index (κ2) is 11.8. The second-order valence-electron chi connectivity index (χ2n) is 20.9. The lowest BCUT2D eigenvalue weighted by Gasteiger charge is -2.48. The summed E-state index contributed by atoms with van der Waals surface area (Å²) >= 11 is 0. The second-order valence-corrected chi connectivity index (χ2v) is 20.9. The monoisotopic (exact) mass is 744 g/mol. The number of hydrogen-bond acceptors (Lipinski definition) is 2. The number of nitrogens with one attached hydrogen (secondary N) is 1. The van der Waals surface area contributed by atoms with E-state index in [4.69, 9.17) is 0 Å². The van der Waals surface area contributed by atoms with E-state index < -0.39 is 0 Å². The van der Waals surface area contributed by atoms with E-state index in [0.29, 0.717) is 0 Å². The minimum atomic E-state index is -0.230. The van der Waals surface area contributed by atoms with E-state index in [1.807, 2.05) is 0 Å². The van der Waals surface area contributed by atoms with Crippen molar-refractivity contribution in [3.63, 3.8) is 0 Å². The van der Waals surface area contributed by atoms with Gasteiger partial charge in [0.2, 0.25) is 0 Å². The van der Waals surface area contributed by atoms with Gasteiger partial charge in [0.25, 0.3) is 0 Å². The molecule has 286 valence electrons. The summed E-state index contributed by atoms with van der Waals surface area (Å²) in [6.45, 7) is 26.5. The summed E-state index contributed by atoms with van der Waals surface area (Å²) in [5.41, 5.74) is 23.0. The largest absolute Gasteiger partial charge is 0.376 e. The fourth-order valence-electron chi connectivity index (χ4n) is 11.2. The number of para-hydroxylation sites is 1. The first-order chi connectivity index (χ1) is 26.9. The molecule has 10 rings (SSSR count). The van der Waals surface area contributed by atoms with Gasteiger partial charge in [0.05, 0.1) is 0 Å². The van der Waals surface area contributed by atoms with Gasteiger partial charge in [-0.2, -0.15) is 0 Å². The van der Waals surface area contributed by atoms with Gasteiger partial charge < -0.3 is 10.1 Å². The van der Waals surface area contributed by atoms with Gasteiger partial charge in [0, 0.05) is 39.1 Å². The van der Waals surface area contributed by atoms with Gasteiger partial charge in [-0.05, 0) is 126 Å². The van der Waals surface area contributed by atoms with Crippen LogP contribution in [0.15, 0.2) is 115 Å². The summed E-state index contributed by atoms with van der Waals surface area (Å²) in [7, 11) is 0. The molecule has 6 aromatic carbocycles. The standard InChI is InChI=1S/C54H57BN2/c1-50(2,3)33-24-26-35(27-25-33)57-45-32-42-41(51(4,5)28-29-52(42,6)7)30-38(45)46-47-37(36-20-15-16-21-39(36)54(47,10)11)31-44-48(46)55(57)43-23-17-22-40(49(43)56-44)53(8,9)34-18-13-12-14-19-34/h12-27,30-32,56H,28-29H2,1-11H3. The van der Waals surface area contributed by atoms with Crippen LogP contribution in [0.4, 0.5) is 22.7 Å². The molecule has 0 saturated heterocycles. The van der Waals surface area contributed by atoms with E-state index in [0.717, 1.165) is 0 Å². The fraction of sp³-hybridized carbons (Fsp3) is 0.333. The van der Waals surface area contributed by atoms with Crippen LogP contribution < -0.4 is 21.1 Å². The van der Waals surface area contributed by atoms with Gasteiger partial charge >= 0.3 is 6.85 Å². The molecule has 2 heterocycles. The van der Waals surface area contributed by atoms with E-state index in [-0.39, 0.29) is 33.9 Å². The van der Waals surface area contributed by atoms with E-state index in [1.165, 1.54) is 108 Å². The number of nitrogens with zero attached hydrogens (tertiary/aromatic N) is 1. The summed E-state index contributed by atoms with van der Waals surface area (Å²) in [6.07, 6.45) is 2.36.